The third-order valence-electron chi connectivity index (χ3n) is 4.42. The number of nitrogens with one attached hydrogen (secondary N) is 2. The van der Waals surface area contributed by atoms with E-state index in [0.29, 0.717) is 12.2 Å². The van der Waals surface area contributed by atoms with Gasteiger partial charge < -0.3 is 5.32 Å². The third-order valence-corrected chi connectivity index (χ3v) is 4.42. The van der Waals surface area contributed by atoms with E-state index in [1.165, 1.54) is 0 Å². The first kappa shape index (κ1) is 17.6. The summed E-state index contributed by atoms with van der Waals surface area (Å²) in [6.07, 6.45) is 1.98. The molecule has 134 valence electrons. The maximum absolute atomic E-state index is 13.0. The topological polar surface area (TPSA) is 76.0 Å². The van der Waals surface area contributed by atoms with Crippen molar-refractivity contribution in [2.75, 3.05) is 18.5 Å². The minimum absolute atomic E-state index is 0.00811. The number of carbonyl (C=O) groups excluding carboxylic acids is 2. The Morgan fingerprint density at radius 1 is 1.24 bits per heavy atom. The van der Waals surface area contributed by atoms with E-state index in [-0.39, 0.29) is 23.0 Å². The van der Waals surface area contributed by atoms with Crippen LogP contribution in [0.1, 0.15) is 50.7 Å². The molecule has 0 atom stereocenters. The van der Waals surface area contributed by atoms with Crippen molar-refractivity contribution in [2.24, 2.45) is 11.3 Å². The Morgan fingerprint density at radius 2 is 1.92 bits per heavy atom. The number of imidazole rings is 1. The Labute approximate surface area is 148 Å². The maximum Gasteiger partial charge on any atom is 0.239 e. The van der Waals surface area contributed by atoms with Crippen molar-refractivity contribution < 1.29 is 9.59 Å². The minimum atomic E-state index is -0.125. The summed E-state index contributed by atoms with van der Waals surface area (Å²) >= 11 is 0. The lowest BCUT2D eigenvalue weighted by Crippen LogP contribution is -2.35. The van der Waals surface area contributed by atoms with E-state index in [4.69, 9.17) is 0 Å². The zero-order valence-electron chi connectivity index (χ0n) is 15.1. The first-order valence-electron chi connectivity index (χ1n) is 8.87. The van der Waals surface area contributed by atoms with Gasteiger partial charge in [0, 0.05) is 12.3 Å². The quantitative estimate of drug-likeness (QED) is 0.838. The second-order valence-corrected chi connectivity index (χ2v) is 7.92. The summed E-state index contributed by atoms with van der Waals surface area (Å²) in [5, 5.41) is 3.27. The monoisotopic (exact) mass is 342 g/mol. The molecule has 2 heterocycles. The van der Waals surface area contributed by atoms with Crippen LogP contribution in [0.25, 0.3) is 11.0 Å². The van der Waals surface area contributed by atoms with Crippen molar-refractivity contribution in [3.63, 3.8) is 0 Å². The molecule has 1 aliphatic rings. The third kappa shape index (κ3) is 4.07. The Bertz CT molecular complexity index is 782. The second kappa shape index (κ2) is 6.96. The molecule has 3 rings (SSSR count). The fourth-order valence-corrected chi connectivity index (χ4v) is 3.22. The summed E-state index contributed by atoms with van der Waals surface area (Å²) in [4.78, 5) is 29.9. The van der Waals surface area contributed by atoms with Crippen LogP contribution < -0.4 is 10.7 Å². The second-order valence-electron chi connectivity index (χ2n) is 7.92. The van der Waals surface area contributed by atoms with Gasteiger partial charge in [-0.1, -0.05) is 32.9 Å². The molecule has 1 saturated heterocycles. The van der Waals surface area contributed by atoms with E-state index in [0.717, 1.165) is 37.0 Å². The molecule has 0 aliphatic carbocycles. The van der Waals surface area contributed by atoms with E-state index in [2.05, 4.69) is 15.7 Å². The van der Waals surface area contributed by atoms with Gasteiger partial charge >= 0.3 is 0 Å². The number of aromatic nitrogens is 2. The molecule has 1 aromatic carbocycles. The zero-order valence-corrected chi connectivity index (χ0v) is 15.1. The molecular formula is C19H26N4O2. The molecule has 0 bridgehead atoms. The summed E-state index contributed by atoms with van der Waals surface area (Å²) in [6.45, 7) is 7.72. The van der Waals surface area contributed by atoms with Gasteiger partial charge in [0.15, 0.2) is 5.82 Å². The molecule has 6 nitrogen and oxygen atoms in total. The number of benzene rings is 1. The van der Waals surface area contributed by atoms with E-state index in [1.807, 2.05) is 45.0 Å². The Balaban J connectivity index is 1.94. The summed E-state index contributed by atoms with van der Waals surface area (Å²) < 4.78 is 1.58. The number of para-hydroxylation sites is 2. The Kier molecular flexibility index (Phi) is 4.90. The summed E-state index contributed by atoms with van der Waals surface area (Å²) in [5.74, 6) is 0.176. The fourth-order valence-electron chi connectivity index (χ4n) is 3.22. The summed E-state index contributed by atoms with van der Waals surface area (Å²) in [5.41, 5.74) is 4.23. The highest BCUT2D eigenvalue weighted by Crippen LogP contribution is 2.23. The summed E-state index contributed by atoms with van der Waals surface area (Å²) in [7, 11) is 0. The largest absolute Gasteiger partial charge is 0.317 e. The standard InChI is InChI=1S/C19H26N4O2/c1-19(2,3)12-16(24)22-23-15-7-5-4-6-14(15)21-18(23)17(25)13-8-10-20-11-9-13/h4-7,13,20H,8-12H2,1-3H3,(H,22,24). The molecule has 0 unspecified atom stereocenters. The predicted molar refractivity (Wildman–Crippen MR) is 98.1 cm³/mol. The molecule has 2 N–H and O–H groups in total. The van der Waals surface area contributed by atoms with Gasteiger partial charge in [0.2, 0.25) is 11.7 Å². The van der Waals surface area contributed by atoms with Gasteiger partial charge in [-0.3, -0.25) is 15.0 Å². The van der Waals surface area contributed by atoms with Gasteiger partial charge in [-0.15, -0.1) is 0 Å². The molecule has 25 heavy (non-hydrogen) atoms. The van der Waals surface area contributed by atoms with E-state index in [1.54, 1.807) is 4.68 Å². The number of hydrogen-bond acceptors (Lipinski definition) is 4. The lowest BCUT2D eigenvalue weighted by molar-refractivity contribution is -0.118. The van der Waals surface area contributed by atoms with Crippen LogP contribution in [0.15, 0.2) is 24.3 Å². The van der Waals surface area contributed by atoms with Crippen LogP contribution in [0.5, 0.6) is 0 Å². The van der Waals surface area contributed by atoms with Gasteiger partial charge in [0.1, 0.15) is 0 Å². The average Bonchev–Trinajstić information content (AvgIpc) is 2.92. The molecule has 6 heteroatoms. The van der Waals surface area contributed by atoms with E-state index < -0.39 is 0 Å². The number of amides is 1. The Hall–Kier alpha value is -2.21. The number of hydrogen-bond donors (Lipinski definition) is 2. The molecule has 2 aromatic rings. The summed E-state index contributed by atoms with van der Waals surface area (Å²) in [6, 6.07) is 7.50. The number of Topliss-reactive ketones (excluding diaryl/α,β-unsaturated/α-hetero) is 1. The molecule has 1 aromatic heterocycles. The van der Waals surface area contributed by atoms with Gasteiger partial charge in [-0.05, 0) is 43.5 Å². The van der Waals surface area contributed by atoms with E-state index >= 15 is 0 Å². The van der Waals surface area contributed by atoms with Crippen molar-refractivity contribution in [3.05, 3.63) is 30.1 Å². The van der Waals surface area contributed by atoms with Crippen LogP contribution in [-0.2, 0) is 4.79 Å². The molecule has 0 spiro atoms. The van der Waals surface area contributed by atoms with Crippen LogP contribution in [0, 0.1) is 11.3 Å². The average molecular weight is 342 g/mol. The smallest absolute Gasteiger partial charge is 0.239 e. The molecule has 1 aliphatic heterocycles. The van der Waals surface area contributed by atoms with Gasteiger partial charge in [0.05, 0.1) is 11.0 Å². The van der Waals surface area contributed by atoms with Crippen LogP contribution in [0.4, 0.5) is 0 Å². The van der Waals surface area contributed by atoms with Crippen molar-refractivity contribution in [1.29, 1.82) is 0 Å². The van der Waals surface area contributed by atoms with Crippen LogP contribution in [0.3, 0.4) is 0 Å². The molecule has 1 fully saturated rings. The zero-order chi connectivity index (χ0) is 18.0. The highest BCUT2D eigenvalue weighted by molar-refractivity contribution is 5.99. The van der Waals surface area contributed by atoms with Gasteiger partial charge in [-0.2, -0.15) is 0 Å². The molecular weight excluding hydrogens is 316 g/mol. The lowest BCUT2D eigenvalue weighted by atomic mass is 9.92. The number of ketones is 1. The number of rotatable bonds is 4. The highest BCUT2D eigenvalue weighted by atomic mass is 16.2. The normalized spacial score (nSPS) is 16.1. The first-order valence-corrected chi connectivity index (χ1v) is 8.87. The van der Waals surface area contributed by atoms with Gasteiger partial charge in [-0.25, -0.2) is 9.66 Å². The van der Waals surface area contributed by atoms with Crippen molar-refractivity contribution in [1.82, 2.24) is 15.0 Å². The predicted octanol–water partition coefficient (Wildman–Crippen LogP) is 2.72. The number of piperidine rings is 1. The molecule has 0 radical (unpaired) electrons. The van der Waals surface area contributed by atoms with Crippen molar-refractivity contribution in [3.8, 4) is 0 Å². The first-order chi connectivity index (χ1) is 11.8. The SMILES string of the molecule is CC(C)(C)CC(=O)Nn1c(C(=O)C2CCNCC2)nc2ccccc21. The lowest BCUT2D eigenvalue weighted by Gasteiger charge is -2.22. The van der Waals surface area contributed by atoms with Crippen LogP contribution in [-0.4, -0.2) is 34.4 Å². The molecule has 1 amide bonds. The van der Waals surface area contributed by atoms with Crippen LogP contribution in [0.2, 0.25) is 0 Å². The van der Waals surface area contributed by atoms with Crippen molar-refractivity contribution >= 4 is 22.7 Å². The Morgan fingerprint density at radius 3 is 2.60 bits per heavy atom. The van der Waals surface area contributed by atoms with E-state index in [9.17, 15) is 9.59 Å². The minimum Gasteiger partial charge on any atom is -0.317 e. The van der Waals surface area contributed by atoms with Gasteiger partial charge in [0.25, 0.3) is 0 Å². The highest BCUT2D eigenvalue weighted by Gasteiger charge is 2.28. The number of carbonyl (C=O) groups is 2. The number of fused-ring (bicyclic) bond motifs is 1. The fraction of sp³-hybridized carbons (Fsp3) is 0.526. The number of nitrogens with zero attached hydrogens (tertiary/aromatic N) is 2. The van der Waals surface area contributed by atoms with Crippen molar-refractivity contribution in [2.45, 2.75) is 40.0 Å². The van der Waals surface area contributed by atoms with Crippen LogP contribution >= 0.6 is 0 Å². The maximum atomic E-state index is 13.0. The molecule has 0 saturated carbocycles.